The molecule has 0 aliphatic carbocycles. The number of carbonyl (C=O) groups excluding carboxylic acids is 1. The van der Waals surface area contributed by atoms with Crippen molar-refractivity contribution in [1.29, 1.82) is 0 Å². The third kappa shape index (κ3) is 2.60. The molecule has 4 nitrogen and oxygen atoms in total. The van der Waals surface area contributed by atoms with Gasteiger partial charge in [0.1, 0.15) is 11.4 Å². The number of hydrogen-bond acceptors (Lipinski definition) is 5. The van der Waals surface area contributed by atoms with Gasteiger partial charge in [-0.05, 0) is 35.9 Å². The molecule has 124 valence electrons. The van der Waals surface area contributed by atoms with Crippen molar-refractivity contribution >= 4 is 38.4 Å². The van der Waals surface area contributed by atoms with E-state index in [0.29, 0.717) is 16.3 Å². The van der Waals surface area contributed by atoms with Gasteiger partial charge in [-0.15, -0.1) is 11.3 Å². The first kappa shape index (κ1) is 15.5. The van der Waals surface area contributed by atoms with Gasteiger partial charge < -0.3 is 9.15 Å². The van der Waals surface area contributed by atoms with E-state index in [1.807, 2.05) is 0 Å². The molecule has 0 radical (unpaired) electrons. The van der Waals surface area contributed by atoms with Gasteiger partial charge in [0.2, 0.25) is 0 Å². The Morgan fingerprint density at radius 1 is 1.08 bits per heavy atom. The van der Waals surface area contributed by atoms with Gasteiger partial charge >= 0.3 is 11.6 Å². The van der Waals surface area contributed by atoms with Gasteiger partial charge in [-0.25, -0.2) is 14.0 Å². The second-order valence-electron chi connectivity index (χ2n) is 5.45. The van der Waals surface area contributed by atoms with Crippen LogP contribution in [0, 0.1) is 5.82 Å². The molecule has 0 N–H and O–H groups in total. The summed E-state index contributed by atoms with van der Waals surface area (Å²) in [6.07, 6.45) is 0. The molecule has 2 heterocycles. The third-order valence-electron chi connectivity index (χ3n) is 3.93. The van der Waals surface area contributed by atoms with E-state index in [9.17, 15) is 14.0 Å². The molecule has 2 aromatic carbocycles. The Morgan fingerprint density at radius 2 is 1.84 bits per heavy atom. The van der Waals surface area contributed by atoms with E-state index < -0.39 is 17.4 Å². The number of thiophene rings is 1. The maximum atomic E-state index is 13.4. The molecule has 0 aliphatic rings. The summed E-state index contributed by atoms with van der Waals surface area (Å²) in [6.45, 7) is 0. The highest BCUT2D eigenvalue weighted by molar-refractivity contribution is 7.23. The van der Waals surface area contributed by atoms with Crippen LogP contribution in [0.15, 0.2) is 57.7 Å². The lowest BCUT2D eigenvalue weighted by molar-refractivity contribution is 0.0601. The highest BCUT2D eigenvalue weighted by atomic mass is 32.1. The highest BCUT2D eigenvalue weighted by Gasteiger charge is 2.14. The van der Waals surface area contributed by atoms with Gasteiger partial charge in [-0.2, -0.15) is 0 Å². The molecule has 2 aromatic heterocycles. The summed E-state index contributed by atoms with van der Waals surface area (Å²) in [6, 6.07) is 12.8. The zero-order valence-electron chi connectivity index (χ0n) is 13.0. The summed E-state index contributed by atoms with van der Waals surface area (Å²) in [5.41, 5.74) is 1.05. The van der Waals surface area contributed by atoms with Crippen molar-refractivity contribution in [1.82, 2.24) is 0 Å². The maximum absolute atomic E-state index is 13.4. The van der Waals surface area contributed by atoms with Gasteiger partial charge in [-0.1, -0.05) is 12.1 Å². The van der Waals surface area contributed by atoms with Crippen LogP contribution in [0.4, 0.5) is 4.39 Å². The normalized spacial score (nSPS) is 11.1. The average Bonchev–Trinajstić information content (AvgIpc) is 3.07. The van der Waals surface area contributed by atoms with Crippen molar-refractivity contribution in [2.45, 2.75) is 0 Å². The van der Waals surface area contributed by atoms with E-state index in [2.05, 4.69) is 4.74 Å². The van der Waals surface area contributed by atoms with Crippen LogP contribution in [0.1, 0.15) is 10.4 Å². The van der Waals surface area contributed by atoms with Crippen LogP contribution in [-0.4, -0.2) is 13.1 Å². The fourth-order valence-electron chi connectivity index (χ4n) is 2.70. The highest BCUT2D eigenvalue weighted by Crippen LogP contribution is 2.36. The minimum atomic E-state index is -0.498. The predicted molar refractivity (Wildman–Crippen MR) is 94.6 cm³/mol. The minimum Gasteiger partial charge on any atom is -0.465 e. The summed E-state index contributed by atoms with van der Waals surface area (Å²) >= 11 is 1.42. The van der Waals surface area contributed by atoms with Crippen LogP contribution in [0.2, 0.25) is 0 Å². The molecule has 0 fully saturated rings. The predicted octanol–water partition coefficient (Wildman–Crippen LogP) is 4.60. The number of rotatable bonds is 2. The molecule has 0 saturated carbocycles. The number of carbonyl (C=O) groups is 1. The first-order chi connectivity index (χ1) is 12.1. The Balaban J connectivity index is 1.89. The Hall–Kier alpha value is -2.99. The first-order valence-electron chi connectivity index (χ1n) is 7.41. The minimum absolute atomic E-state index is 0.229. The molecule has 4 rings (SSSR count). The number of esters is 1. The lowest BCUT2D eigenvalue weighted by Gasteiger charge is -2.00. The van der Waals surface area contributed by atoms with Crippen LogP contribution in [0.3, 0.4) is 0 Å². The van der Waals surface area contributed by atoms with E-state index in [1.165, 1.54) is 30.6 Å². The molecule has 0 bridgehead atoms. The lowest BCUT2D eigenvalue weighted by Crippen LogP contribution is -2.00. The zero-order valence-corrected chi connectivity index (χ0v) is 13.9. The second kappa shape index (κ2) is 5.82. The van der Waals surface area contributed by atoms with Gasteiger partial charge in [0, 0.05) is 16.3 Å². The van der Waals surface area contributed by atoms with Crippen LogP contribution in [-0.2, 0) is 4.74 Å². The number of fused-ring (bicyclic) bond motifs is 3. The van der Waals surface area contributed by atoms with Crippen molar-refractivity contribution in [2.24, 2.45) is 0 Å². The molecule has 0 aliphatic heterocycles. The molecule has 6 heteroatoms. The molecule has 0 unspecified atom stereocenters. The molecule has 4 aromatic rings. The average molecular weight is 354 g/mol. The number of benzene rings is 2. The standard InChI is InChI=1S/C19H11FO4S/c1-23-18(21)11-4-2-10(3-5-11)16-9-14-17(25-16)13-7-6-12(20)8-15(13)24-19(14)22/h2-9H,1H3. The van der Waals surface area contributed by atoms with E-state index >= 15 is 0 Å². The SMILES string of the molecule is COC(=O)c1ccc(-c2cc3c(=O)oc4cc(F)ccc4c3s2)cc1. The van der Waals surface area contributed by atoms with Crippen LogP contribution >= 0.6 is 11.3 Å². The van der Waals surface area contributed by atoms with E-state index in [4.69, 9.17) is 4.42 Å². The summed E-state index contributed by atoms with van der Waals surface area (Å²) < 4.78 is 24.0. The van der Waals surface area contributed by atoms with Gasteiger partial charge in [0.05, 0.1) is 22.8 Å². The summed E-state index contributed by atoms with van der Waals surface area (Å²) in [5, 5.41) is 1.15. The molecular weight excluding hydrogens is 343 g/mol. The molecular formula is C19H11FO4S. The molecule has 0 amide bonds. The Kier molecular flexibility index (Phi) is 3.62. The largest absolute Gasteiger partial charge is 0.465 e. The summed E-state index contributed by atoms with van der Waals surface area (Å²) in [7, 11) is 1.33. The Morgan fingerprint density at radius 3 is 2.56 bits per heavy atom. The van der Waals surface area contributed by atoms with Gasteiger partial charge in [0.25, 0.3) is 0 Å². The zero-order chi connectivity index (χ0) is 17.6. The van der Waals surface area contributed by atoms with Crippen molar-refractivity contribution in [3.8, 4) is 10.4 Å². The van der Waals surface area contributed by atoms with E-state index in [-0.39, 0.29) is 5.58 Å². The molecule has 0 atom stereocenters. The van der Waals surface area contributed by atoms with E-state index in [1.54, 1.807) is 36.4 Å². The molecule has 0 spiro atoms. The van der Waals surface area contributed by atoms with Gasteiger partial charge in [-0.3, -0.25) is 0 Å². The van der Waals surface area contributed by atoms with Crippen molar-refractivity contribution in [2.75, 3.05) is 7.11 Å². The fraction of sp³-hybridized carbons (Fsp3) is 0.0526. The van der Waals surface area contributed by atoms with Crippen LogP contribution in [0.25, 0.3) is 31.5 Å². The molecule has 25 heavy (non-hydrogen) atoms. The quantitative estimate of drug-likeness (QED) is 0.390. The Bertz CT molecular complexity index is 1170. The number of halogens is 1. The fourth-order valence-corrected chi connectivity index (χ4v) is 3.88. The van der Waals surface area contributed by atoms with Crippen LogP contribution < -0.4 is 5.63 Å². The lowest BCUT2D eigenvalue weighted by atomic mass is 10.1. The number of ether oxygens (including phenoxy) is 1. The molecule has 0 saturated heterocycles. The first-order valence-corrected chi connectivity index (χ1v) is 8.23. The van der Waals surface area contributed by atoms with Crippen molar-refractivity contribution < 1.29 is 18.3 Å². The second-order valence-corrected chi connectivity index (χ2v) is 6.50. The van der Waals surface area contributed by atoms with Crippen LogP contribution in [0.5, 0.6) is 0 Å². The van der Waals surface area contributed by atoms with Gasteiger partial charge in [0.15, 0.2) is 0 Å². The summed E-state index contributed by atoms with van der Waals surface area (Å²) in [5.74, 6) is -0.860. The maximum Gasteiger partial charge on any atom is 0.345 e. The monoisotopic (exact) mass is 354 g/mol. The van der Waals surface area contributed by atoms with E-state index in [0.717, 1.165) is 15.1 Å². The van der Waals surface area contributed by atoms with Crippen molar-refractivity contribution in [3.05, 3.63) is 70.3 Å². The van der Waals surface area contributed by atoms with Crippen molar-refractivity contribution in [3.63, 3.8) is 0 Å². The Labute approximate surface area is 145 Å². The third-order valence-corrected chi connectivity index (χ3v) is 5.15. The smallest absolute Gasteiger partial charge is 0.345 e. The number of hydrogen-bond donors (Lipinski definition) is 0. The topological polar surface area (TPSA) is 56.5 Å². The number of methoxy groups -OCH3 is 1. The summed E-state index contributed by atoms with van der Waals surface area (Å²) in [4.78, 5) is 24.6.